The monoisotopic (exact) mass is 274 g/mol. The first-order chi connectivity index (χ1) is 8.48. The Morgan fingerprint density at radius 3 is 2.61 bits per heavy atom. The van der Waals surface area contributed by atoms with Crippen molar-refractivity contribution in [1.29, 1.82) is 0 Å². The number of anilines is 1. The number of aromatic nitrogens is 1. The van der Waals surface area contributed by atoms with Crippen LogP contribution in [0.25, 0.3) is 0 Å². The van der Waals surface area contributed by atoms with E-state index >= 15 is 0 Å². The van der Waals surface area contributed by atoms with Crippen LogP contribution in [0.15, 0.2) is 36.7 Å². The Hall–Kier alpha value is -1.62. The van der Waals surface area contributed by atoms with E-state index in [-0.39, 0.29) is 17.3 Å². The first-order valence-electron chi connectivity index (χ1n) is 5.20. The topological polar surface area (TPSA) is 27.8 Å². The molecule has 6 heteroatoms. The van der Waals surface area contributed by atoms with Gasteiger partial charge in [-0.05, 0) is 23.8 Å². The third kappa shape index (κ3) is 2.79. The van der Waals surface area contributed by atoms with Crippen LogP contribution in [0.2, 0.25) is 5.02 Å². The summed E-state index contributed by atoms with van der Waals surface area (Å²) in [7, 11) is 0. The summed E-state index contributed by atoms with van der Waals surface area (Å²) in [6, 6.07) is 5.49. The van der Waals surface area contributed by atoms with Gasteiger partial charge in [0.05, 0.1) is 16.3 Å². The molecule has 0 aliphatic carbocycles. The van der Waals surface area contributed by atoms with E-state index in [1.807, 2.05) is 0 Å². The fourth-order valence-electron chi connectivity index (χ4n) is 1.60. The lowest BCUT2D eigenvalue weighted by Crippen LogP contribution is -2.11. The third-order valence-corrected chi connectivity index (χ3v) is 2.77. The van der Waals surface area contributed by atoms with E-state index in [9.17, 15) is 13.2 Å². The summed E-state index contributed by atoms with van der Waals surface area (Å²) >= 11 is 5.81. The Morgan fingerprint density at radius 1 is 1.22 bits per heavy atom. The summed E-state index contributed by atoms with van der Waals surface area (Å²) in [6.45, 7) is 0.274. The van der Waals surface area contributed by atoms with Gasteiger partial charge in [-0.3, -0.25) is 0 Å². The number of benzene rings is 1. The normalized spacial score (nSPS) is 11.6. The van der Waals surface area contributed by atoms with E-state index in [2.05, 4.69) is 10.3 Å². The molecule has 0 fully saturated rings. The molecule has 2 aromatic rings. The minimum Gasteiger partial charge on any atom is -0.379 e. The second-order valence-electron chi connectivity index (χ2n) is 3.73. The van der Waals surface area contributed by atoms with Gasteiger partial charge in [0.1, 0.15) is 0 Å². The molecule has 0 aliphatic rings. The molecule has 0 spiro atoms. The number of hydrogen-bond donors (Lipinski definition) is 2. The molecule has 18 heavy (non-hydrogen) atoms. The predicted octanol–water partition coefficient (Wildman–Crippen LogP) is 4.30. The highest BCUT2D eigenvalue weighted by Gasteiger charge is 2.34. The van der Waals surface area contributed by atoms with Crippen LogP contribution in [0.1, 0.15) is 11.1 Å². The summed E-state index contributed by atoms with van der Waals surface area (Å²) in [5.41, 5.74) is 0.00134. The SMILES string of the molecule is FC(F)(F)c1cccc(Cl)c1NCc1cc[nH]c1. The van der Waals surface area contributed by atoms with E-state index in [0.717, 1.165) is 11.6 Å². The molecule has 0 atom stereocenters. The summed E-state index contributed by atoms with van der Waals surface area (Å²) < 4.78 is 38.4. The molecule has 1 aromatic carbocycles. The van der Waals surface area contributed by atoms with E-state index in [4.69, 9.17) is 11.6 Å². The zero-order valence-corrected chi connectivity index (χ0v) is 9.94. The van der Waals surface area contributed by atoms with Crippen molar-refractivity contribution in [2.75, 3.05) is 5.32 Å². The largest absolute Gasteiger partial charge is 0.418 e. The summed E-state index contributed by atoms with van der Waals surface area (Å²) in [5.74, 6) is 0. The summed E-state index contributed by atoms with van der Waals surface area (Å²) in [5, 5.41) is 2.77. The molecule has 2 N–H and O–H groups in total. The Balaban J connectivity index is 2.26. The van der Waals surface area contributed by atoms with Crippen molar-refractivity contribution < 1.29 is 13.2 Å². The number of nitrogens with one attached hydrogen (secondary N) is 2. The highest BCUT2D eigenvalue weighted by atomic mass is 35.5. The van der Waals surface area contributed by atoms with Crippen LogP contribution in [0.5, 0.6) is 0 Å². The lowest BCUT2D eigenvalue weighted by molar-refractivity contribution is -0.136. The van der Waals surface area contributed by atoms with Crippen molar-refractivity contribution in [1.82, 2.24) is 4.98 Å². The summed E-state index contributed by atoms with van der Waals surface area (Å²) in [4.78, 5) is 2.83. The van der Waals surface area contributed by atoms with Gasteiger partial charge in [0.25, 0.3) is 0 Å². The molecule has 96 valence electrons. The second-order valence-corrected chi connectivity index (χ2v) is 4.14. The van der Waals surface area contributed by atoms with Crippen LogP contribution >= 0.6 is 11.6 Å². The number of H-pyrrole nitrogens is 1. The molecular formula is C12H10ClF3N2. The molecule has 1 aromatic heterocycles. The van der Waals surface area contributed by atoms with Crippen LogP contribution in [0.4, 0.5) is 18.9 Å². The van der Waals surface area contributed by atoms with Crippen molar-refractivity contribution >= 4 is 17.3 Å². The molecule has 0 aliphatic heterocycles. The Morgan fingerprint density at radius 2 is 2.00 bits per heavy atom. The number of para-hydroxylation sites is 1. The van der Waals surface area contributed by atoms with Crippen LogP contribution in [-0.4, -0.2) is 4.98 Å². The van der Waals surface area contributed by atoms with Gasteiger partial charge < -0.3 is 10.3 Å². The maximum Gasteiger partial charge on any atom is 0.418 e. The standard InChI is InChI=1S/C12H10ClF3N2/c13-10-3-1-2-9(12(14,15)16)11(10)18-7-8-4-5-17-6-8/h1-6,17-18H,7H2. The molecule has 0 bridgehead atoms. The molecule has 0 unspecified atom stereocenters. The van der Waals surface area contributed by atoms with Crippen LogP contribution in [0.3, 0.4) is 0 Å². The number of hydrogen-bond acceptors (Lipinski definition) is 1. The first kappa shape index (κ1) is 12.8. The fourth-order valence-corrected chi connectivity index (χ4v) is 1.84. The van der Waals surface area contributed by atoms with Crippen LogP contribution in [-0.2, 0) is 12.7 Å². The van der Waals surface area contributed by atoms with Gasteiger partial charge in [0, 0.05) is 18.9 Å². The molecule has 0 amide bonds. The van der Waals surface area contributed by atoms with Crippen molar-refractivity contribution in [3.63, 3.8) is 0 Å². The van der Waals surface area contributed by atoms with E-state index in [1.54, 1.807) is 18.5 Å². The van der Waals surface area contributed by atoms with Gasteiger partial charge in [0.15, 0.2) is 0 Å². The zero-order valence-electron chi connectivity index (χ0n) is 9.18. The van der Waals surface area contributed by atoms with Crippen molar-refractivity contribution in [2.24, 2.45) is 0 Å². The van der Waals surface area contributed by atoms with Gasteiger partial charge in [-0.15, -0.1) is 0 Å². The van der Waals surface area contributed by atoms with Crippen LogP contribution < -0.4 is 5.32 Å². The zero-order chi connectivity index (χ0) is 13.2. The van der Waals surface area contributed by atoms with E-state index < -0.39 is 11.7 Å². The molecule has 2 nitrogen and oxygen atoms in total. The Labute approximate surface area is 107 Å². The lowest BCUT2D eigenvalue weighted by atomic mass is 10.1. The maximum atomic E-state index is 12.8. The van der Waals surface area contributed by atoms with Gasteiger partial charge in [-0.1, -0.05) is 17.7 Å². The maximum absolute atomic E-state index is 12.8. The fraction of sp³-hybridized carbons (Fsp3) is 0.167. The number of alkyl halides is 3. The van der Waals surface area contributed by atoms with E-state index in [1.165, 1.54) is 12.1 Å². The molecule has 2 rings (SSSR count). The second kappa shape index (κ2) is 4.94. The summed E-state index contributed by atoms with van der Waals surface area (Å²) in [6.07, 6.45) is -1.02. The van der Waals surface area contributed by atoms with Crippen molar-refractivity contribution in [3.8, 4) is 0 Å². The Kier molecular flexibility index (Phi) is 3.52. The number of aromatic amines is 1. The average molecular weight is 275 g/mol. The molecule has 0 saturated carbocycles. The first-order valence-corrected chi connectivity index (χ1v) is 5.57. The van der Waals surface area contributed by atoms with Gasteiger partial charge in [-0.25, -0.2) is 0 Å². The number of rotatable bonds is 3. The molecular weight excluding hydrogens is 265 g/mol. The van der Waals surface area contributed by atoms with E-state index in [0.29, 0.717) is 0 Å². The highest BCUT2D eigenvalue weighted by Crippen LogP contribution is 2.38. The minimum atomic E-state index is -4.43. The Bertz CT molecular complexity index is 521. The highest BCUT2D eigenvalue weighted by molar-refractivity contribution is 6.33. The van der Waals surface area contributed by atoms with Crippen molar-refractivity contribution in [2.45, 2.75) is 12.7 Å². The lowest BCUT2D eigenvalue weighted by Gasteiger charge is -2.15. The molecule has 1 heterocycles. The smallest absolute Gasteiger partial charge is 0.379 e. The minimum absolute atomic E-state index is 0.0559. The van der Waals surface area contributed by atoms with Crippen molar-refractivity contribution in [3.05, 3.63) is 52.8 Å². The van der Waals surface area contributed by atoms with Gasteiger partial charge in [0.2, 0.25) is 0 Å². The third-order valence-electron chi connectivity index (χ3n) is 2.45. The quantitative estimate of drug-likeness (QED) is 0.858. The molecule has 0 radical (unpaired) electrons. The number of halogens is 4. The predicted molar refractivity (Wildman–Crippen MR) is 64.6 cm³/mol. The van der Waals surface area contributed by atoms with Crippen LogP contribution in [0, 0.1) is 0 Å². The average Bonchev–Trinajstić information content (AvgIpc) is 2.78. The van der Waals surface area contributed by atoms with Gasteiger partial charge >= 0.3 is 6.18 Å². The van der Waals surface area contributed by atoms with Gasteiger partial charge in [-0.2, -0.15) is 13.2 Å². The molecule has 0 saturated heterocycles.